The van der Waals surface area contributed by atoms with E-state index in [-0.39, 0.29) is 5.38 Å². The molecule has 108 valence electrons. The molecule has 0 aliphatic heterocycles. The number of alkyl halides is 1. The molecule has 3 rings (SSSR count). The fraction of sp³-hybridized carbons (Fsp3) is 0.133. The monoisotopic (exact) mass is 494 g/mol. The highest BCUT2D eigenvalue weighted by atomic mass is 127. The quantitative estimate of drug-likeness (QED) is 0.299. The fourth-order valence-electron chi connectivity index (χ4n) is 2.25. The lowest BCUT2D eigenvalue weighted by Crippen LogP contribution is -2.02. The van der Waals surface area contributed by atoms with Crippen LogP contribution in [-0.2, 0) is 0 Å². The summed E-state index contributed by atoms with van der Waals surface area (Å²) in [5, 5.41) is 0.464. The molecule has 2 nitrogen and oxygen atoms in total. The van der Waals surface area contributed by atoms with Gasteiger partial charge < -0.3 is 0 Å². The Morgan fingerprint density at radius 1 is 1.24 bits per heavy atom. The Balaban J connectivity index is 2.38. The maximum atomic E-state index is 6.43. The van der Waals surface area contributed by atoms with Gasteiger partial charge in [-0.25, -0.2) is 4.98 Å². The van der Waals surface area contributed by atoms with Crippen LogP contribution >= 0.6 is 61.7 Å². The van der Waals surface area contributed by atoms with E-state index < -0.39 is 0 Å². The van der Waals surface area contributed by atoms with Crippen LogP contribution in [0.4, 0.5) is 0 Å². The van der Waals surface area contributed by atoms with Gasteiger partial charge in [-0.15, -0.1) is 11.6 Å². The third kappa shape index (κ3) is 2.96. The molecule has 2 aromatic carbocycles. The van der Waals surface area contributed by atoms with Gasteiger partial charge in [-0.3, -0.25) is 4.57 Å². The zero-order valence-corrected chi connectivity index (χ0v) is 16.2. The van der Waals surface area contributed by atoms with Crippen LogP contribution in [0, 0.1) is 3.57 Å². The molecule has 0 N–H and O–H groups in total. The van der Waals surface area contributed by atoms with Crippen LogP contribution in [0.1, 0.15) is 18.1 Å². The first-order chi connectivity index (χ1) is 9.97. The normalized spacial score (nSPS) is 12.8. The molecule has 0 saturated heterocycles. The van der Waals surface area contributed by atoms with Crippen molar-refractivity contribution >= 4 is 72.8 Å². The van der Waals surface area contributed by atoms with E-state index in [1.54, 1.807) is 0 Å². The second-order valence-corrected chi connectivity index (χ2v) is 7.87. The maximum Gasteiger partial charge on any atom is 0.132 e. The molecule has 0 fully saturated rings. The molecule has 1 heterocycles. The Morgan fingerprint density at radius 3 is 2.67 bits per heavy atom. The summed E-state index contributed by atoms with van der Waals surface area (Å²) in [5.41, 5.74) is 2.77. The van der Waals surface area contributed by atoms with Gasteiger partial charge in [0.2, 0.25) is 0 Å². The van der Waals surface area contributed by atoms with Crippen molar-refractivity contribution in [2.24, 2.45) is 0 Å². The summed E-state index contributed by atoms with van der Waals surface area (Å²) in [5.74, 6) is 0.785. The zero-order chi connectivity index (χ0) is 15.1. The van der Waals surface area contributed by atoms with Crippen molar-refractivity contribution < 1.29 is 0 Å². The van der Waals surface area contributed by atoms with Crippen LogP contribution in [0.5, 0.6) is 0 Å². The number of hydrogen-bond acceptors (Lipinski definition) is 1. The summed E-state index contributed by atoms with van der Waals surface area (Å²) in [4.78, 5) is 4.64. The van der Waals surface area contributed by atoms with Crippen molar-refractivity contribution in [3.8, 4) is 5.69 Å². The van der Waals surface area contributed by atoms with E-state index in [1.165, 1.54) is 0 Å². The Morgan fingerprint density at radius 2 is 2.00 bits per heavy atom. The Bertz CT molecular complexity index is 830. The fourth-order valence-corrected chi connectivity index (χ4v) is 3.69. The molecule has 0 aliphatic rings. The van der Waals surface area contributed by atoms with Gasteiger partial charge >= 0.3 is 0 Å². The highest BCUT2D eigenvalue weighted by Crippen LogP contribution is 2.33. The highest BCUT2D eigenvalue weighted by Gasteiger charge is 2.18. The molecule has 0 bridgehead atoms. The van der Waals surface area contributed by atoms with Crippen LogP contribution < -0.4 is 0 Å². The summed E-state index contributed by atoms with van der Waals surface area (Å²) < 4.78 is 4.11. The van der Waals surface area contributed by atoms with E-state index in [1.807, 2.05) is 47.9 Å². The Kier molecular flexibility index (Phi) is 4.50. The molecule has 0 radical (unpaired) electrons. The number of benzene rings is 2. The van der Waals surface area contributed by atoms with Crippen molar-refractivity contribution in [1.82, 2.24) is 9.55 Å². The zero-order valence-electron chi connectivity index (χ0n) is 10.9. The Labute approximate surface area is 154 Å². The molecule has 0 amide bonds. The maximum absolute atomic E-state index is 6.43. The molecule has 0 aliphatic carbocycles. The molecule has 1 aromatic heterocycles. The van der Waals surface area contributed by atoms with E-state index in [0.717, 1.165) is 30.6 Å². The SMILES string of the molecule is CC(Cl)c1nc2ccc(Br)cc2n1-c1ccc(I)cc1Cl. The van der Waals surface area contributed by atoms with Gasteiger partial charge in [-0.05, 0) is 65.9 Å². The van der Waals surface area contributed by atoms with Crippen LogP contribution in [0.3, 0.4) is 0 Å². The second kappa shape index (κ2) is 6.07. The van der Waals surface area contributed by atoms with Gasteiger partial charge in [-0.1, -0.05) is 27.5 Å². The van der Waals surface area contributed by atoms with Crippen molar-refractivity contribution in [3.05, 3.63) is 55.3 Å². The lowest BCUT2D eigenvalue weighted by Gasteiger charge is -2.12. The average Bonchev–Trinajstić information content (AvgIpc) is 2.77. The molecule has 1 unspecified atom stereocenters. The standard InChI is InChI=1S/C15H10BrCl2IN2/c1-8(17)15-20-12-4-2-9(16)6-14(12)21(15)13-5-3-10(19)7-11(13)18/h2-8H,1H3. The number of fused-ring (bicyclic) bond motifs is 1. The van der Waals surface area contributed by atoms with Crippen molar-refractivity contribution in [1.29, 1.82) is 0 Å². The Hall–Kier alpha value is -0.300. The third-order valence-electron chi connectivity index (χ3n) is 3.15. The molecule has 6 heteroatoms. The van der Waals surface area contributed by atoms with E-state index in [9.17, 15) is 0 Å². The van der Waals surface area contributed by atoms with Gasteiger partial charge in [0.05, 0.1) is 27.1 Å². The first kappa shape index (κ1) is 15.6. The second-order valence-electron chi connectivity index (χ2n) is 4.65. The number of hydrogen-bond donors (Lipinski definition) is 0. The van der Waals surface area contributed by atoms with Crippen molar-refractivity contribution in [2.75, 3.05) is 0 Å². The third-order valence-corrected chi connectivity index (χ3v) is 4.81. The molecule has 3 aromatic rings. The first-order valence-corrected chi connectivity index (χ1v) is 8.93. The molecular weight excluding hydrogens is 486 g/mol. The van der Waals surface area contributed by atoms with E-state index >= 15 is 0 Å². The summed E-state index contributed by atoms with van der Waals surface area (Å²) in [6.07, 6.45) is 0. The van der Waals surface area contributed by atoms with E-state index in [4.69, 9.17) is 23.2 Å². The first-order valence-electron chi connectivity index (χ1n) is 6.25. The predicted molar refractivity (Wildman–Crippen MR) is 101 cm³/mol. The smallest absolute Gasteiger partial charge is 0.132 e. The molecule has 0 spiro atoms. The van der Waals surface area contributed by atoms with E-state index in [2.05, 4.69) is 43.5 Å². The molecule has 1 atom stereocenters. The topological polar surface area (TPSA) is 17.8 Å². The summed E-state index contributed by atoms with van der Waals surface area (Å²) >= 11 is 18.5. The average molecular weight is 496 g/mol. The highest BCUT2D eigenvalue weighted by molar-refractivity contribution is 14.1. The lowest BCUT2D eigenvalue weighted by molar-refractivity contribution is 0.882. The van der Waals surface area contributed by atoms with Crippen molar-refractivity contribution in [3.63, 3.8) is 0 Å². The minimum Gasteiger partial charge on any atom is -0.294 e. The van der Waals surface area contributed by atoms with Gasteiger partial charge in [0.1, 0.15) is 5.82 Å². The van der Waals surface area contributed by atoms with Gasteiger partial charge in [0.15, 0.2) is 0 Å². The van der Waals surface area contributed by atoms with Crippen molar-refractivity contribution in [2.45, 2.75) is 12.3 Å². The number of halogens is 4. The summed E-state index contributed by atoms with van der Waals surface area (Å²) in [7, 11) is 0. The summed E-state index contributed by atoms with van der Waals surface area (Å²) in [6, 6.07) is 11.9. The molecule has 0 saturated carbocycles. The minimum atomic E-state index is -0.216. The van der Waals surface area contributed by atoms with Gasteiger partial charge in [-0.2, -0.15) is 0 Å². The number of rotatable bonds is 2. The summed E-state index contributed by atoms with van der Waals surface area (Å²) in [6.45, 7) is 1.91. The van der Waals surface area contributed by atoms with Gasteiger partial charge in [0, 0.05) is 8.04 Å². The van der Waals surface area contributed by atoms with Crippen LogP contribution in [-0.4, -0.2) is 9.55 Å². The number of nitrogens with zero attached hydrogens (tertiary/aromatic N) is 2. The largest absolute Gasteiger partial charge is 0.294 e. The van der Waals surface area contributed by atoms with Crippen LogP contribution in [0.2, 0.25) is 5.02 Å². The number of imidazole rings is 1. The predicted octanol–water partition coefficient (Wildman–Crippen LogP) is 6.35. The molecule has 21 heavy (non-hydrogen) atoms. The van der Waals surface area contributed by atoms with E-state index in [0.29, 0.717) is 5.02 Å². The number of aromatic nitrogens is 2. The minimum absolute atomic E-state index is 0.216. The van der Waals surface area contributed by atoms with Gasteiger partial charge in [0.25, 0.3) is 0 Å². The lowest BCUT2D eigenvalue weighted by atomic mass is 10.2. The van der Waals surface area contributed by atoms with Crippen LogP contribution in [0.15, 0.2) is 40.9 Å². The van der Waals surface area contributed by atoms with Crippen LogP contribution in [0.25, 0.3) is 16.7 Å². The molecular formula is C15H10BrCl2IN2.